The van der Waals surface area contributed by atoms with Crippen molar-refractivity contribution >= 4 is 28.2 Å². The van der Waals surface area contributed by atoms with Gasteiger partial charge in [-0.1, -0.05) is 32.9 Å². The predicted molar refractivity (Wildman–Crippen MR) is 94.5 cm³/mol. The van der Waals surface area contributed by atoms with Gasteiger partial charge in [-0.2, -0.15) is 0 Å². The summed E-state index contributed by atoms with van der Waals surface area (Å²) < 4.78 is 5.52. The zero-order valence-corrected chi connectivity index (χ0v) is 14.6. The number of carbonyl (C=O) groups is 1. The van der Waals surface area contributed by atoms with Crippen molar-refractivity contribution in [2.24, 2.45) is 0 Å². The molecule has 0 atom stereocenters. The number of hydrogen-bond donors (Lipinski definition) is 1. The Morgan fingerprint density at radius 2 is 2.04 bits per heavy atom. The molecule has 0 spiro atoms. The molecule has 1 N–H and O–H groups in total. The van der Waals surface area contributed by atoms with E-state index in [1.54, 1.807) is 24.3 Å². The Morgan fingerprint density at radius 1 is 1.29 bits per heavy atom. The van der Waals surface area contributed by atoms with Gasteiger partial charge >= 0.3 is 0 Å². The maximum absolute atomic E-state index is 12.3. The van der Waals surface area contributed by atoms with E-state index in [1.165, 1.54) is 17.4 Å². The van der Waals surface area contributed by atoms with Gasteiger partial charge in [-0.05, 0) is 12.1 Å². The first-order chi connectivity index (χ1) is 11.3. The van der Waals surface area contributed by atoms with Crippen LogP contribution in [0.1, 0.15) is 42.0 Å². The lowest BCUT2D eigenvalue weighted by Gasteiger charge is -2.14. The Morgan fingerprint density at radius 3 is 2.75 bits per heavy atom. The number of thiazole rings is 1. The van der Waals surface area contributed by atoms with Crippen LogP contribution in [0.15, 0.2) is 44.9 Å². The molecule has 124 valence electrons. The number of rotatable bonds is 3. The summed E-state index contributed by atoms with van der Waals surface area (Å²) in [6.45, 7) is 6.58. The fourth-order valence-electron chi connectivity index (χ4n) is 2.20. The molecule has 0 saturated heterocycles. The maximum atomic E-state index is 12.3. The molecule has 3 aromatic rings. The normalized spacial score (nSPS) is 11.6. The van der Waals surface area contributed by atoms with E-state index in [9.17, 15) is 9.59 Å². The van der Waals surface area contributed by atoms with Crippen molar-refractivity contribution in [3.8, 4) is 0 Å². The van der Waals surface area contributed by atoms with E-state index >= 15 is 0 Å². The Balaban J connectivity index is 1.76. The Hall–Kier alpha value is -2.47. The second-order valence-electron chi connectivity index (χ2n) is 6.53. The van der Waals surface area contributed by atoms with Gasteiger partial charge in [0.25, 0.3) is 5.91 Å². The highest BCUT2D eigenvalue weighted by Crippen LogP contribution is 2.23. The molecule has 0 bridgehead atoms. The number of amides is 1. The van der Waals surface area contributed by atoms with Crippen LogP contribution in [-0.2, 0) is 12.0 Å². The maximum Gasteiger partial charge on any atom is 0.287 e. The van der Waals surface area contributed by atoms with Gasteiger partial charge in [0.05, 0.1) is 17.6 Å². The molecule has 0 unspecified atom stereocenters. The van der Waals surface area contributed by atoms with Gasteiger partial charge in [0.1, 0.15) is 10.6 Å². The Kier molecular flexibility index (Phi) is 4.24. The monoisotopic (exact) mass is 342 g/mol. The van der Waals surface area contributed by atoms with E-state index < -0.39 is 5.91 Å². The van der Waals surface area contributed by atoms with E-state index in [-0.39, 0.29) is 16.6 Å². The lowest BCUT2D eigenvalue weighted by molar-refractivity contribution is 0.0923. The first kappa shape index (κ1) is 16.4. The molecule has 0 aliphatic carbocycles. The summed E-state index contributed by atoms with van der Waals surface area (Å²) in [7, 11) is 0. The van der Waals surface area contributed by atoms with Crippen molar-refractivity contribution in [3.63, 3.8) is 0 Å². The lowest BCUT2D eigenvalue weighted by atomic mass is 9.93. The third-order valence-corrected chi connectivity index (χ3v) is 4.43. The standard InChI is InChI=1S/C18H18N2O3S/c1-18(2,3)15-10-24-16(20-15)9-19-17(22)14-8-12(21)11-6-4-5-7-13(11)23-14/h4-8,10H,9H2,1-3H3,(H,19,22). The Labute approximate surface area is 143 Å². The molecule has 0 radical (unpaired) electrons. The van der Waals surface area contributed by atoms with Gasteiger partial charge in [-0.3, -0.25) is 9.59 Å². The first-order valence-electron chi connectivity index (χ1n) is 7.60. The van der Waals surface area contributed by atoms with Gasteiger partial charge < -0.3 is 9.73 Å². The minimum Gasteiger partial charge on any atom is -0.451 e. The second kappa shape index (κ2) is 6.20. The highest BCUT2D eigenvalue weighted by molar-refractivity contribution is 7.09. The highest BCUT2D eigenvalue weighted by Gasteiger charge is 2.18. The van der Waals surface area contributed by atoms with E-state index in [4.69, 9.17) is 4.42 Å². The number of benzene rings is 1. The number of nitrogens with one attached hydrogen (secondary N) is 1. The number of nitrogens with zero attached hydrogens (tertiary/aromatic N) is 1. The molecule has 1 aromatic carbocycles. The van der Waals surface area contributed by atoms with Crippen LogP contribution in [0.4, 0.5) is 0 Å². The molecule has 0 aliphatic heterocycles. The largest absolute Gasteiger partial charge is 0.451 e. The van der Waals surface area contributed by atoms with E-state index in [2.05, 4.69) is 31.1 Å². The third-order valence-electron chi connectivity index (χ3n) is 3.58. The molecule has 0 aliphatic rings. The minimum absolute atomic E-state index is 0.00583. The second-order valence-corrected chi connectivity index (χ2v) is 7.47. The van der Waals surface area contributed by atoms with Crippen molar-refractivity contribution < 1.29 is 9.21 Å². The number of carbonyl (C=O) groups excluding carboxylic acids is 1. The van der Waals surface area contributed by atoms with Crippen LogP contribution in [0.5, 0.6) is 0 Å². The number of hydrogen-bond acceptors (Lipinski definition) is 5. The topological polar surface area (TPSA) is 72.2 Å². The lowest BCUT2D eigenvalue weighted by Crippen LogP contribution is -2.24. The molecule has 0 saturated carbocycles. The van der Waals surface area contributed by atoms with Gasteiger partial charge in [0.2, 0.25) is 0 Å². The molecule has 0 fully saturated rings. The quantitative estimate of drug-likeness (QED) is 0.791. The molecule has 5 nitrogen and oxygen atoms in total. The fraction of sp³-hybridized carbons (Fsp3) is 0.278. The zero-order chi connectivity index (χ0) is 17.3. The summed E-state index contributed by atoms with van der Waals surface area (Å²) in [6.07, 6.45) is 0. The van der Waals surface area contributed by atoms with Crippen LogP contribution in [-0.4, -0.2) is 10.9 Å². The SMILES string of the molecule is CC(C)(C)c1csc(CNC(=O)c2cc(=O)c3ccccc3o2)n1. The number of aromatic nitrogens is 1. The van der Waals surface area contributed by atoms with Gasteiger partial charge in [-0.25, -0.2) is 4.98 Å². The van der Waals surface area contributed by atoms with Crippen LogP contribution in [0.3, 0.4) is 0 Å². The van der Waals surface area contributed by atoms with Crippen LogP contribution in [0, 0.1) is 0 Å². The summed E-state index contributed by atoms with van der Waals surface area (Å²) in [4.78, 5) is 28.8. The molecule has 2 aromatic heterocycles. The van der Waals surface area contributed by atoms with E-state index in [1.807, 2.05) is 5.38 Å². The van der Waals surface area contributed by atoms with Crippen molar-refractivity contribution in [1.82, 2.24) is 10.3 Å². The van der Waals surface area contributed by atoms with Gasteiger partial charge in [0, 0.05) is 16.9 Å². The summed E-state index contributed by atoms with van der Waals surface area (Å²) >= 11 is 1.50. The summed E-state index contributed by atoms with van der Waals surface area (Å²) in [5.41, 5.74) is 1.14. The van der Waals surface area contributed by atoms with Crippen molar-refractivity contribution in [1.29, 1.82) is 0 Å². The predicted octanol–water partition coefficient (Wildman–Crippen LogP) is 3.48. The molecule has 1 amide bonds. The van der Waals surface area contributed by atoms with Gasteiger partial charge in [0.15, 0.2) is 11.2 Å². The van der Waals surface area contributed by atoms with Crippen LogP contribution < -0.4 is 10.7 Å². The average molecular weight is 342 g/mol. The fourth-order valence-corrected chi connectivity index (χ4v) is 3.16. The molecule has 24 heavy (non-hydrogen) atoms. The average Bonchev–Trinajstić information content (AvgIpc) is 3.02. The van der Waals surface area contributed by atoms with Crippen molar-refractivity contribution in [3.05, 3.63) is 62.4 Å². The highest BCUT2D eigenvalue weighted by atomic mass is 32.1. The van der Waals surface area contributed by atoms with Crippen molar-refractivity contribution in [2.45, 2.75) is 32.7 Å². The van der Waals surface area contributed by atoms with Crippen LogP contribution in [0.25, 0.3) is 11.0 Å². The summed E-state index contributed by atoms with van der Waals surface area (Å²) in [5, 5.41) is 6.02. The zero-order valence-electron chi connectivity index (χ0n) is 13.8. The Bertz CT molecular complexity index is 951. The van der Waals surface area contributed by atoms with Crippen LogP contribution in [0.2, 0.25) is 0 Å². The molecular formula is C18H18N2O3S. The number of para-hydroxylation sites is 1. The molecule has 3 rings (SSSR count). The summed E-state index contributed by atoms with van der Waals surface area (Å²) in [6, 6.07) is 8.08. The van der Waals surface area contributed by atoms with Gasteiger partial charge in [-0.15, -0.1) is 11.3 Å². The van der Waals surface area contributed by atoms with Crippen LogP contribution >= 0.6 is 11.3 Å². The molecular weight excluding hydrogens is 324 g/mol. The van der Waals surface area contributed by atoms with Crippen molar-refractivity contribution in [2.75, 3.05) is 0 Å². The smallest absolute Gasteiger partial charge is 0.287 e. The molecule has 6 heteroatoms. The molecule has 2 heterocycles. The third kappa shape index (κ3) is 3.38. The van der Waals surface area contributed by atoms with E-state index in [0.717, 1.165) is 10.7 Å². The van der Waals surface area contributed by atoms with E-state index in [0.29, 0.717) is 17.5 Å². The first-order valence-corrected chi connectivity index (χ1v) is 8.48. The summed E-state index contributed by atoms with van der Waals surface area (Å²) in [5.74, 6) is -0.420. The minimum atomic E-state index is -0.426. The number of fused-ring (bicyclic) bond motifs is 1.